The van der Waals surface area contributed by atoms with Gasteiger partial charge in [-0.05, 0) is 58.2 Å². The fourth-order valence-corrected chi connectivity index (χ4v) is 3.63. The third-order valence-electron chi connectivity index (χ3n) is 4.70. The molecule has 2 fully saturated rings. The lowest BCUT2D eigenvalue weighted by Crippen LogP contribution is -2.48. The van der Waals surface area contributed by atoms with Crippen molar-refractivity contribution in [2.24, 2.45) is 17.6 Å². The Bertz CT molecular complexity index is 293. The lowest BCUT2D eigenvalue weighted by Gasteiger charge is -2.33. The second-order valence-corrected chi connectivity index (χ2v) is 6.42. The van der Waals surface area contributed by atoms with Crippen molar-refractivity contribution < 1.29 is 4.79 Å². The highest BCUT2D eigenvalue weighted by molar-refractivity contribution is 5.79. The van der Waals surface area contributed by atoms with Gasteiger partial charge in [0.25, 0.3) is 0 Å². The molecule has 2 rings (SSSR count). The first kappa shape index (κ1) is 14.8. The Morgan fingerprint density at radius 1 is 1.32 bits per heavy atom. The predicted molar refractivity (Wildman–Crippen MR) is 77.8 cm³/mol. The molecule has 4 heteroatoms. The van der Waals surface area contributed by atoms with Crippen molar-refractivity contribution in [3.63, 3.8) is 0 Å². The van der Waals surface area contributed by atoms with E-state index in [1.54, 1.807) is 0 Å². The molecule has 1 aliphatic heterocycles. The molecule has 0 bridgehead atoms. The topological polar surface area (TPSA) is 58.4 Å². The summed E-state index contributed by atoms with van der Waals surface area (Å²) in [7, 11) is 2.14. The number of nitrogens with zero attached hydrogens (tertiary/aromatic N) is 1. The van der Waals surface area contributed by atoms with Crippen LogP contribution in [0.5, 0.6) is 0 Å². The SMILES string of the molecule is CN1CCCC(NC(=O)C2CCCC(CCN)C2)C1. The first-order chi connectivity index (χ1) is 9.19. The van der Waals surface area contributed by atoms with Crippen molar-refractivity contribution >= 4 is 5.91 Å². The number of hydrogen-bond donors (Lipinski definition) is 2. The van der Waals surface area contributed by atoms with E-state index in [1.807, 2.05) is 0 Å². The Labute approximate surface area is 117 Å². The second-order valence-electron chi connectivity index (χ2n) is 6.42. The highest BCUT2D eigenvalue weighted by Gasteiger charge is 2.28. The van der Waals surface area contributed by atoms with Crippen molar-refractivity contribution in [1.82, 2.24) is 10.2 Å². The maximum atomic E-state index is 12.4. The third-order valence-corrected chi connectivity index (χ3v) is 4.70. The molecule has 3 atom stereocenters. The Kier molecular flexibility index (Phi) is 5.64. The predicted octanol–water partition coefficient (Wildman–Crippen LogP) is 1.35. The number of piperidine rings is 1. The van der Waals surface area contributed by atoms with E-state index in [1.165, 1.54) is 19.3 Å². The van der Waals surface area contributed by atoms with Crippen LogP contribution in [-0.4, -0.2) is 43.5 Å². The van der Waals surface area contributed by atoms with Crippen LogP contribution in [0.2, 0.25) is 0 Å². The first-order valence-corrected chi connectivity index (χ1v) is 7.88. The molecule has 1 amide bonds. The van der Waals surface area contributed by atoms with Crippen LogP contribution in [0.15, 0.2) is 0 Å². The van der Waals surface area contributed by atoms with Gasteiger partial charge in [0.15, 0.2) is 0 Å². The van der Waals surface area contributed by atoms with Crippen LogP contribution < -0.4 is 11.1 Å². The van der Waals surface area contributed by atoms with Gasteiger partial charge in [-0.25, -0.2) is 0 Å². The van der Waals surface area contributed by atoms with Crippen molar-refractivity contribution in [3.05, 3.63) is 0 Å². The zero-order valence-electron chi connectivity index (χ0n) is 12.2. The second kappa shape index (κ2) is 7.25. The van der Waals surface area contributed by atoms with E-state index >= 15 is 0 Å². The van der Waals surface area contributed by atoms with Gasteiger partial charge in [-0.15, -0.1) is 0 Å². The van der Waals surface area contributed by atoms with Crippen LogP contribution in [-0.2, 0) is 4.79 Å². The Hall–Kier alpha value is -0.610. The monoisotopic (exact) mass is 267 g/mol. The molecule has 1 aliphatic carbocycles. The fraction of sp³-hybridized carbons (Fsp3) is 0.933. The van der Waals surface area contributed by atoms with Gasteiger partial charge in [0.1, 0.15) is 0 Å². The summed E-state index contributed by atoms with van der Waals surface area (Å²) in [6.07, 6.45) is 7.97. The minimum atomic E-state index is 0.234. The smallest absolute Gasteiger partial charge is 0.223 e. The number of nitrogens with one attached hydrogen (secondary N) is 1. The van der Waals surface area contributed by atoms with Crippen LogP contribution in [0.25, 0.3) is 0 Å². The molecule has 0 spiro atoms. The average Bonchev–Trinajstić information content (AvgIpc) is 2.39. The summed E-state index contributed by atoms with van der Waals surface area (Å²) >= 11 is 0. The van der Waals surface area contributed by atoms with E-state index in [-0.39, 0.29) is 5.92 Å². The molecule has 1 saturated heterocycles. The molecule has 110 valence electrons. The average molecular weight is 267 g/mol. The Balaban J connectivity index is 1.78. The third kappa shape index (κ3) is 4.46. The maximum Gasteiger partial charge on any atom is 0.223 e. The molecule has 19 heavy (non-hydrogen) atoms. The molecular weight excluding hydrogens is 238 g/mol. The molecule has 4 nitrogen and oxygen atoms in total. The number of likely N-dealkylation sites (N-methyl/N-ethyl adjacent to an activating group) is 1. The number of carbonyl (C=O) groups excluding carboxylic acids is 1. The summed E-state index contributed by atoms with van der Waals surface area (Å²) < 4.78 is 0. The van der Waals surface area contributed by atoms with Gasteiger partial charge in [0.2, 0.25) is 5.91 Å². The van der Waals surface area contributed by atoms with Crippen molar-refractivity contribution in [3.8, 4) is 0 Å². The quantitative estimate of drug-likeness (QED) is 0.808. The molecule has 1 saturated carbocycles. The number of nitrogens with two attached hydrogens (primary N) is 1. The van der Waals surface area contributed by atoms with Crippen LogP contribution >= 0.6 is 0 Å². The summed E-state index contributed by atoms with van der Waals surface area (Å²) in [6.45, 7) is 2.92. The van der Waals surface area contributed by atoms with Crippen LogP contribution in [0, 0.1) is 11.8 Å². The normalized spacial score (nSPS) is 33.1. The standard InChI is InChI=1S/C15H29N3O/c1-18-9-3-6-14(11-18)17-15(19)13-5-2-4-12(10-13)7-8-16/h12-14H,2-11,16H2,1H3,(H,17,19). The Morgan fingerprint density at radius 2 is 2.16 bits per heavy atom. The molecule has 0 aromatic carbocycles. The summed E-state index contributed by atoms with van der Waals surface area (Å²) in [5.41, 5.74) is 5.64. The van der Waals surface area contributed by atoms with E-state index in [4.69, 9.17) is 5.73 Å². The lowest BCUT2D eigenvalue weighted by molar-refractivity contribution is -0.127. The maximum absolute atomic E-state index is 12.4. The van der Waals surface area contributed by atoms with Gasteiger partial charge in [0, 0.05) is 18.5 Å². The van der Waals surface area contributed by atoms with E-state index in [9.17, 15) is 4.79 Å². The molecular formula is C15H29N3O. The fourth-order valence-electron chi connectivity index (χ4n) is 3.63. The van der Waals surface area contributed by atoms with Gasteiger partial charge in [-0.1, -0.05) is 12.8 Å². The van der Waals surface area contributed by atoms with Crippen LogP contribution in [0.4, 0.5) is 0 Å². The van der Waals surface area contributed by atoms with Crippen LogP contribution in [0.1, 0.15) is 44.9 Å². The van der Waals surface area contributed by atoms with Crippen molar-refractivity contribution in [2.45, 2.75) is 51.0 Å². The highest BCUT2D eigenvalue weighted by Crippen LogP contribution is 2.31. The zero-order valence-corrected chi connectivity index (χ0v) is 12.2. The molecule has 0 radical (unpaired) electrons. The highest BCUT2D eigenvalue weighted by atomic mass is 16.1. The largest absolute Gasteiger partial charge is 0.352 e. The number of amides is 1. The number of rotatable bonds is 4. The van der Waals surface area contributed by atoms with Crippen LogP contribution in [0.3, 0.4) is 0 Å². The van der Waals surface area contributed by atoms with Crippen molar-refractivity contribution in [1.29, 1.82) is 0 Å². The molecule has 3 unspecified atom stereocenters. The number of likely N-dealkylation sites (tertiary alicyclic amines) is 1. The summed E-state index contributed by atoms with van der Waals surface area (Å²) in [4.78, 5) is 14.7. The molecule has 0 aromatic rings. The number of carbonyl (C=O) groups is 1. The van der Waals surface area contributed by atoms with E-state index in [2.05, 4.69) is 17.3 Å². The van der Waals surface area contributed by atoms with E-state index in [0.29, 0.717) is 17.9 Å². The van der Waals surface area contributed by atoms with Gasteiger partial charge in [-0.3, -0.25) is 4.79 Å². The molecule has 1 heterocycles. The number of hydrogen-bond acceptors (Lipinski definition) is 3. The summed E-state index contributed by atoms with van der Waals surface area (Å²) in [6, 6.07) is 0.362. The molecule has 2 aliphatic rings. The lowest BCUT2D eigenvalue weighted by atomic mass is 9.79. The first-order valence-electron chi connectivity index (χ1n) is 7.88. The van der Waals surface area contributed by atoms with Gasteiger partial charge < -0.3 is 16.0 Å². The summed E-state index contributed by atoms with van der Waals surface area (Å²) in [5, 5.41) is 3.27. The zero-order chi connectivity index (χ0) is 13.7. The minimum absolute atomic E-state index is 0.234. The minimum Gasteiger partial charge on any atom is -0.352 e. The van der Waals surface area contributed by atoms with Gasteiger partial charge >= 0.3 is 0 Å². The Morgan fingerprint density at radius 3 is 2.89 bits per heavy atom. The molecule has 3 N–H and O–H groups in total. The summed E-state index contributed by atoms with van der Waals surface area (Å²) in [5.74, 6) is 1.20. The van der Waals surface area contributed by atoms with E-state index < -0.39 is 0 Å². The van der Waals surface area contributed by atoms with Gasteiger partial charge in [0.05, 0.1) is 0 Å². The van der Waals surface area contributed by atoms with E-state index in [0.717, 1.165) is 45.3 Å². The molecule has 0 aromatic heterocycles. The van der Waals surface area contributed by atoms with Gasteiger partial charge in [-0.2, -0.15) is 0 Å². The van der Waals surface area contributed by atoms with Crippen molar-refractivity contribution in [2.75, 3.05) is 26.7 Å².